The van der Waals surface area contributed by atoms with Crippen molar-refractivity contribution in [2.75, 3.05) is 0 Å². The van der Waals surface area contributed by atoms with E-state index in [4.69, 9.17) is 27.9 Å². The van der Waals surface area contributed by atoms with Gasteiger partial charge >= 0.3 is 5.97 Å². The minimum Gasteiger partial charge on any atom is -0.426 e. The van der Waals surface area contributed by atoms with Gasteiger partial charge in [0, 0.05) is 17.0 Å². The van der Waals surface area contributed by atoms with Gasteiger partial charge in [-0.15, -0.1) is 5.10 Å². The Balaban J connectivity index is 1.81. The first-order valence-electron chi connectivity index (χ1n) is 8.06. The summed E-state index contributed by atoms with van der Waals surface area (Å²) in [7, 11) is 0. The summed E-state index contributed by atoms with van der Waals surface area (Å²) in [5.74, 6) is 0.187. The first-order valence-corrected chi connectivity index (χ1v) is 9.64. The van der Waals surface area contributed by atoms with E-state index in [0.29, 0.717) is 42.2 Å². The lowest BCUT2D eigenvalue weighted by Gasteiger charge is -2.04. The molecule has 0 bridgehead atoms. The topological polar surface area (TPSA) is 73.6 Å². The maximum Gasteiger partial charge on any atom is 0.308 e. The molecular formula is C19H11Cl2N3O3S. The second-order valence-corrected chi connectivity index (χ2v) is 7.65. The fourth-order valence-corrected chi connectivity index (χ4v) is 3.96. The Morgan fingerprint density at radius 3 is 2.71 bits per heavy atom. The molecule has 0 fully saturated rings. The molecule has 0 N–H and O–H groups in total. The molecule has 6 nitrogen and oxygen atoms in total. The molecule has 28 heavy (non-hydrogen) atoms. The summed E-state index contributed by atoms with van der Waals surface area (Å²) in [5, 5.41) is 5.25. The molecule has 0 radical (unpaired) electrons. The number of hydrogen-bond acceptors (Lipinski definition) is 6. The number of halogens is 2. The third-order valence-corrected chi connectivity index (χ3v) is 5.33. The fraction of sp³-hybridized carbons (Fsp3) is 0.0526. The molecule has 0 atom stereocenters. The van der Waals surface area contributed by atoms with E-state index in [0.717, 1.165) is 0 Å². The van der Waals surface area contributed by atoms with Crippen molar-refractivity contribution >= 4 is 51.5 Å². The molecule has 2 aromatic carbocycles. The largest absolute Gasteiger partial charge is 0.426 e. The zero-order valence-electron chi connectivity index (χ0n) is 14.3. The highest BCUT2D eigenvalue weighted by molar-refractivity contribution is 7.15. The molecule has 2 heterocycles. The Hall–Kier alpha value is -2.74. The number of nitrogens with zero attached hydrogens (tertiary/aromatic N) is 3. The van der Waals surface area contributed by atoms with Crippen molar-refractivity contribution in [3.63, 3.8) is 0 Å². The van der Waals surface area contributed by atoms with Gasteiger partial charge in [0.15, 0.2) is 5.82 Å². The molecule has 140 valence electrons. The second-order valence-electron chi connectivity index (χ2n) is 5.80. The fourth-order valence-electron chi connectivity index (χ4n) is 2.60. The van der Waals surface area contributed by atoms with Crippen molar-refractivity contribution in [3.8, 4) is 17.1 Å². The number of esters is 1. The van der Waals surface area contributed by atoms with Crippen LogP contribution in [0.25, 0.3) is 22.4 Å². The van der Waals surface area contributed by atoms with Gasteiger partial charge in [-0.1, -0.05) is 52.7 Å². The predicted molar refractivity (Wildman–Crippen MR) is 109 cm³/mol. The van der Waals surface area contributed by atoms with Gasteiger partial charge in [0.25, 0.3) is 5.56 Å². The molecule has 0 saturated carbocycles. The van der Waals surface area contributed by atoms with E-state index in [-0.39, 0.29) is 5.56 Å². The van der Waals surface area contributed by atoms with Crippen LogP contribution in [0.3, 0.4) is 0 Å². The molecule has 4 aromatic rings. The van der Waals surface area contributed by atoms with E-state index < -0.39 is 5.97 Å². The van der Waals surface area contributed by atoms with E-state index in [1.165, 1.54) is 22.8 Å². The molecule has 4 rings (SSSR count). The van der Waals surface area contributed by atoms with Gasteiger partial charge < -0.3 is 4.74 Å². The monoisotopic (exact) mass is 431 g/mol. The number of carbonyl (C=O) groups is 1. The minimum absolute atomic E-state index is 0.302. The lowest BCUT2D eigenvalue weighted by atomic mass is 10.2. The molecule has 0 saturated heterocycles. The Labute approximate surface area is 172 Å². The summed E-state index contributed by atoms with van der Waals surface area (Å²) < 4.78 is 6.86. The average molecular weight is 432 g/mol. The van der Waals surface area contributed by atoms with Crippen LogP contribution in [0, 0.1) is 0 Å². The molecular weight excluding hydrogens is 421 g/mol. The van der Waals surface area contributed by atoms with Crippen molar-refractivity contribution < 1.29 is 9.53 Å². The highest BCUT2D eigenvalue weighted by Crippen LogP contribution is 2.28. The maximum absolute atomic E-state index is 12.7. The summed E-state index contributed by atoms with van der Waals surface area (Å²) in [6.45, 7) is 1.32. The van der Waals surface area contributed by atoms with Gasteiger partial charge in [-0.05, 0) is 35.9 Å². The normalized spacial score (nSPS) is 11.9. The molecule has 9 heteroatoms. The number of hydrogen-bond donors (Lipinski definition) is 0. The van der Waals surface area contributed by atoms with Crippen LogP contribution in [-0.4, -0.2) is 20.6 Å². The van der Waals surface area contributed by atoms with Gasteiger partial charge in [0.2, 0.25) is 4.96 Å². The van der Waals surface area contributed by atoms with Gasteiger partial charge in [-0.25, -0.2) is 0 Å². The Morgan fingerprint density at radius 1 is 1.21 bits per heavy atom. The van der Waals surface area contributed by atoms with Crippen LogP contribution in [0.2, 0.25) is 10.0 Å². The quantitative estimate of drug-likeness (QED) is 0.366. The first kappa shape index (κ1) is 18.6. The van der Waals surface area contributed by atoms with Crippen molar-refractivity contribution in [2.45, 2.75) is 6.92 Å². The maximum atomic E-state index is 12.7. The van der Waals surface area contributed by atoms with Crippen molar-refractivity contribution in [3.05, 3.63) is 73.0 Å². The molecule has 0 aliphatic heterocycles. The van der Waals surface area contributed by atoms with Crippen molar-refractivity contribution in [1.82, 2.24) is 14.6 Å². The number of fused-ring (bicyclic) bond motifs is 1. The van der Waals surface area contributed by atoms with Crippen LogP contribution in [0.15, 0.2) is 47.3 Å². The summed E-state index contributed by atoms with van der Waals surface area (Å²) >= 11 is 13.3. The number of aromatic nitrogens is 3. The number of rotatable bonds is 3. The van der Waals surface area contributed by atoms with Crippen LogP contribution >= 0.6 is 34.5 Å². The van der Waals surface area contributed by atoms with Crippen molar-refractivity contribution in [1.29, 1.82) is 0 Å². The standard InChI is InChI=1S/C19H11Cl2N3O3S/c1-10(25)27-15-5-3-2-4-13(15)17-22-19-24(23-17)18(26)16(28-19)8-11-6-7-12(20)9-14(11)21/h2-9H,1H3. The third kappa shape index (κ3) is 3.52. The van der Waals surface area contributed by atoms with Crippen LogP contribution in [-0.2, 0) is 4.79 Å². The van der Waals surface area contributed by atoms with Gasteiger partial charge in [0.05, 0.1) is 10.1 Å². The minimum atomic E-state index is -0.449. The van der Waals surface area contributed by atoms with Crippen LogP contribution < -0.4 is 14.8 Å². The van der Waals surface area contributed by atoms with E-state index in [2.05, 4.69) is 10.1 Å². The first-order chi connectivity index (χ1) is 13.4. The summed E-state index contributed by atoms with van der Waals surface area (Å²) in [6.07, 6.45) is 1.68. The highest BCUT2D eigenvalue weighted by atomic mass is 35.5. The zero-order valence-corrected chi connectivity index (χ0v) is 16.7. The van der Waals surface area contributed by atoms with E-state index in [9.17, 15) is 9.59 Å². The van der Waals surface area contributed by atoms with Gasteiger partial charge in [-0.3, -0.25) is 9.59 Å². The lowest BCUT2D eigenvalue weighted by Crippen LogP contribution is -2.23. The van der Waals surface area contributed by atoms with E-state index in [1.807, 2.05) is 0 Å². The van der Waals surface area contributed by atoms with E-state index >= 15 is 0 Å². The number of para-hydroxylation sites is 1. The molecule has 0 unspecified atom stereocenters. The van der Waals surface area contributed by atoms with Gasteiger partial charge in [-0.2, -0.15) is 9.50 Å². The molecule has 0 aliphatic rings. The Kier molecular flexibility index (Phi) is 4.89. The van der Waals surface area contributed by atoms with Gasteiger partial charge in [0.1, 0.15) is 5.75 Å². The third-order valence-electron chi connectivity index (χ3n) is 3.81. The lowest BCUT2D eigenvalue weighted by molar-refractivity contribution is -0.131. The van der Waals surface area contributed by atoms with Crippen molar-refractivity contribution in [2.24, 2.45) is 0 Å². The van der Waals surface area contributed by atoms with Crippen LogP contribution in [0.4, 0.5) is 0 Å². The number of ether oxygens (including phenoxy) is 1. The number of benzene rings is 2. The molecule has 2 aromatic heterocycles. The Bertz CT molecular complexity index is 1330. The summed E-state index contributed by atoms with van der Waals surface area (Å²) in [6, 6.07) is 11.9. The summed E-state index contributed by atoms with van der Waals surface area (Å²) in [4.78, 5) is 28.8. The predicted octanol–water partition coefficient (Wildman–Crippen LogP) is 3.60. The highest BCUT2D eigenvalue weighted by Gasteiger charge is 2.16. The smallest absolute Gasteiger partial charge is 0.308 e. The SMILES string of the molecule is CC(=O)Oc1ccccc1-c1nc2sc(=Cc3ccc(Cl)cc3Cl)c(=O)n2n1. The number of carbonyl (C=O) groups excluding carboxylic acids is 1. The Morgan fingerprint density at radius 2 is 2.00 bits per heavy atom. The van der Waals surface area contributed by atoms with Crippen LogP contribution in [0.1, 0.15) is 12.5 Å². The average Bonchev–Trinajstić information content (AvgIpc) is 3.17. The number of thiazole rings is 1. The molecule has 0 aliphatic carbocycles. The zero-order chi connectivity index (χ0) is 19.8. The van der Waals surface area contributed by atoms with E-state index in [1.54, 1.807) is 48.5 Å². The van der Waals surface area contributed by atoms with Crippen LogP contribution in [0.5, 0.6) is 5.75 Å². The molecule has 0 spiro atoms. The summed E-state index contributed by atoms with van der Waals surface area (Å²) in [5.41, 5.74) is 0.891. The second kappa shape index (κ2) is 7.35. The molecule has 0 amide bonds.